The van der Waals surface area contributed by atoms with E-state index < -0.39 is 0 Å². The van der Waals surface area contributed by atoms with Crippen molar-refractivity contribution in [1.29, 1.82) is 0 Å². The van der Waals surface area contributed by atoms with Gasteiger partial charge in [0, 0.05) is 38.0 Å². The maximum Gasteiger partial charge on any atom is 0.180 e. The molecule has 3 N–H and O–H groups in total. The second kappa shape index (κ2) is 5.66. The van der Waals surface area contributed by atoms with Crippen LogP contribution >= 0.6 is 0 Å². The molecule has 0 bridgehead atoms. The van der Waals surface area contributed by atoms with E-state index in [0.29, 0.717) is 11.5 Å². The second-order valence-corrected chi connectivity index (χ2v) is 6.25. The molecule has 120 valence electrons. The van der Waals surface area contributed by atoms with E-state index in [1.807, 2.05) is 36.2 Å². The van der Waals surface area contributed by atoms with Crippen LogP contribution in [0.1, 0.15) is 18.5 Å². The zero-order valence-electron chi connectivity index (χ0n) is 13.2. The van der Waals surface area contributed by atoms with E-state index in [1.54, 1.807) is 4.68 Å². The number of hydrogen-bond donors (Lipinski definition) is 2. The normalized spacial score (nSPS) is 14.7. The van der Waals surface area contributed by atoms with Gasteiger partial charge in [-0.1, -0.05) is 0 Å². The van der Waals surface area contributed by atoms with Crippen molar-refractivity contribution >= 4 is 11.5 Å². The van der Waals surface area contributed by atoms with E-state index in [4.69, 9.17) is 5.73 Å². The minimum atomic E-state index is 0.472. The molecule has 3 aromatic heterocycles. The number of anilines is 1. The summed E-state index contributed by atoms with van der Waals surface area (Å²) in [5.41, 5.74) is 9.75. The lowest BCUT2D eigenvalue weighted by atomic mass is 10.2. The third-order valence-corrected chi connectivity index (χ3v) is 4.26. The van der Waals surface area contributed by atoms with Gasteiger partial charge in [-0.05, 0) is 25.3 Å². The lowest BCUT2D eigenvalue weighted by Gasteiger charge is -2.07. The quantitative estimate of drug-likeness (QED) is 0.669. The van der Waals surface area contributed by atoms with Gasteiger partial charge in [-0.15, -0.1) is 0 Å². The van der Waals surface area contributed by atoms with Gasteiger partial charge in [0.2, 0.25) is 0 Å². The van der Waals surface area contributed by atoms with Crippen molar-refractivity contribution in [3.63, 3.8) is 0 Å². The fraction of sp³-hybridized carbons (Fsp3) is 0.438. The number of fused-ring (bicyclic) bond motifs is 1. The first kappa shape index (κ1) is 14.2. The highest BCUT2D eigenvalue weighted by molar-refractivity contribution is 5.68. The molecule has 0 saturated heterocycles. The summed E-state index contributed by atoms with van der Waals surface area (Å²) in [5.74, 6) is 1.36. The monoisotopic (exact) mass is 311 g/mol. The SMILES string of the molecule is Cn1cc(-c2cnc3c(N)nc(CCNCC4CC4)cn23)cn1. The van der Waals surface area contributed by atoms with Gasteiger partial charge >= 0.3 is 0 Å². The Kier molecular flexibility index (Phi) is 3.49. The Bertz CT molecular complexity index is 828. The van der Waals surface area contributed by atoms with Crippen molar-refractivity contribution in [3.8, 4) is 11.3 Å². The molecule has 3 heterocycles. The molecule has 0 radical (unpaired) electrons. The van der Waals surface area contributed by atoms with Crippen LogP contribution in [-0.2, 0) is 13.5 Å². The molecule has 23 heavy (non-hydrogen) atoms. The van der Waals surface area contributed by atoms with E-state index >= 15 is 0 Å². The van der Waals surface area contributed by atoms with Crippen molar-refractivity contribution in [2.24, 2.45) is 13.0 Å². The standard InChI is InChI=1S/C16H21N7/c1-22-9-12(7-20-22)14-8-19-16-15(17)21-13(10-23(14)16)4-5-18-6-11-2-3-11/h7-11,18H,2-6H2,1H3,(H2,17,21). The van der Waals surface area contributed by atoms with E-state index in [2.05, 4.69) is 20.4 Å². The molecule has 1 saturated carbocycles. The number of hydrogen-bond acceptors (Lipinski definition) is 5. The summed E-state index contributed by atoms with van der Waals surface area (Å²) in [6.45, 7) is 2.04. The minimum Gasteiger partial charge on any atom is -0.381 e. The Balaban J connectivity index is 1.59. The third-order valence-electron chi connectivity index (χ3n) is 4.26. The summed E-state index contributed by atoms with van der Waals surface area (Å²) in [6.07, 6.45) is 11.2. The Hall–Kier alpha value is -2.41. The molecule has 0 unspecified atom stereocenters. The molecule has 3 aromatic rings. The van der Waals surface area contributed by atoms with Gasteiger partial charge in [-0.3, -0.25) is 9.08 Å². The summed E-state index contributed by atoms with van der Waals surface area (Å²) in [7, 11) is 1.90. The first-order valence-corrected chi connectivity index (χ1v) is 8.03. The highest BCUT2D eigenvalue weighted by Crippen LogP contribution is 2.27. The second-order valence-electron chi connectivity index (χ2n) is 6.25. The Morgan fingerprint density at radius 3 is 2.91 bits per heavy atom. The molecule has 4 rings (SSSR count). The lowest BCUT2D eigenvalue weighted by Crippen LogP contribution is -2.20. The first-order chi connectivity index (χ1) is 11.2. The van der Waals surface area contributed by atoms with Crippen LogP contribution in [0.15, 0.2) is 24.8 Å². The minimum absolute atomic E-state index is 0.472. The average molecular weight is 311 g/mol. The summed E-state index contributed by atoms with van der Waals surface area (Å²) >= 11 is 0. The van der Waals surface area contributed by atoms with Crippen LogP contribution in [0, 0.1) is 5.92 Å². The van der Waals surface area contributed by atoms with Crippen LogP contribution in [0.2, 0.25) is 0 Å². The Morgan fingerprint density at radius 1 is 1.30 bits per heavy atom. The Labute approximate surface area is 134 Å². The number of nitrogens with one attached hydrogen (secondary N) is 1. The van der Waals surface area contributed by atoms with Gasteiger partial charge in [-0.2, -0.15) is 5.10 Å². The molecule has 7 heteroatoms. The molecule has 0 spiro atoms. The maximum atomic E-state index is 6.08. The topological polar surface area (TPSA) is 86.1 Å². The number of rotatable bonds is 6. The largest absolute Gasteiger partial charge is 0.381 e. The van der Waals surface area contributed by atoms with Crippen LogP contribution in [0.5, 0.6) is 0 Å². The zero-order valence-corrected chi connectivity index (χ0v) is 13.2. The number of nitrogen functional groups attached to an aromatic ring is 1. The number of aryl methyl sites for hydroxylation is 1. The van der Waals surface area contributed by atoms with Crippen LogP contribution in [0.3, 0.4) is 0 Å². The molecule has 1 aliphatic rings. The molecule has 0 aliphatic heterocycles. The highest BCUT2D eigenvalue weighted by atomic mass is 15.2. The van der Waals surface area contributed by atoms with E-state index in [1.165, 1.54) is 12.8 Å². The average Bonchev–Trinajstić information content (AvgIpc) is 3.09. The lowest BCUT2D eigenvalue weighted by molar-refractivity contribution is 0.632. The predicted octanol–water partition coefficient (Wildman–Crippen LogP) is 1.25. The van der Waals surface area contributed by atoms with E-state index in [9.17, 15) is 0 Å². The number of aromatic nitrogens is 5. The first-order valence-electron chi connectivity index (χ1n) is 8.03. The molecule has 1 fully saturated rings. The van der Waals surface area contributed by atoms with Crippen LogP contribution < -0.4 is 11.1 Å². The van der Waals surface area contributed by atoms with Crippen LogP contribution in [0.25, 0.3) is 16.9 Å². The van der Waals surface area contributed by atoms with Crippen molar-refractivity contribution in [2.45, 2.75) is 19.3 Å². The summed E-state index contributed by atoms with van der Waals surface area (Å²) in [6, 6.07) is 0. The summed E-state index contributed by atoms with van der Waals surface area (Å²) in [4.78, 5) is 8.88. The van der Waals surface area contributed by atoms with Crippen molar-refractivity contribution < 1.29 is 0 Å². The fourth-order valence-electron chi connectivity index (χ4n) is 2.80. The van der Waals surface area contributed by atoms with Crippen molar-refractivity contribution in [1.82, 2.24) is 29.5 Å². The smallest absolute Gasteiger partial charge is 0.180 e. The molecule has 0 amide bonds. The molecule has 7 nitrogen and oxygen atoms in total. The van der Waals surface area contributed by atoms with Crippen LogP contribution in [-0.4, -0.2) is 37.2 Å². The summed E-state index contributed by atoms with van der Waals surface area (Å²) in [5, 5.41) is 7.71. The van der Waals surface area contributed by atoms with Gasteiger partial charge in [0.1, 0.15) is 0 Å². The Morgan fingerprint density at radius 2 is 2.17 bits per heavy atom. The molecule has 1 aliphatic carbocycles. The van der Waals surface area contributed by atoms with Gasteiger partial charge in [-0.25, -0.2) is 9.97 Å². The number of imidazole rings is 1. The van der Waals surface area contributed by atoms with Crippen LogP contribution in [0.4, 0.5) is 5.82 Å². The van der Waals surface area contributed by atoms with Crippen molar-refractivity contribution in [2.75, 3.05) is 18.8 Å². The van der Waals surface area contributed by atoms with E-state index in [-0.39, 0.29) is 0 Å². The van der Waals surface area contributed by atoms with Gasteiger partial charge in [0.25, 0.3) is 0 Å². The van der Waals surface area contributed by atoms with Gasteiger partial charge in [0.15, 0.2) is 11.5 Å². The third kappa shape index (κ3) is 2.92. The predicted molar refractivity (Wildman–Crippen MR) is 88.9 cm³/mol. The highest BCUT2D eigenvalue weighted by Gasteiger charge is 2.20. The molecular weight excluding hydrogens is 290 g/mol. The number of nitrogens with two attached hydrogens (primary N) is 1. The molecule has 0 aromatic carbocycles. The number of nitrogens with zero attached hydrogens (tertiary/aromatic N) is 5. The molecular formula is C16H21N7. The van der Waals surface area contributed by atoms with Crippen molar-refractivity contribution in [3.05, 3.63) is 30.5 Å². The van der Waals surface area contributed by atoms with Gasteiger partial charge in [0.05, 0.1) is 23.8 Å². The van der Waals surface area contributed by atoms with Gasteiger partial charge < -0.3 is 11.1 Å². The van der Waals surface area contributed by atoms with E-state index in [0.717, 1.165) is 42.4 Å². The zero-order chi connectivity index (χ0) is 15.8. The molecule has 0 atom stereocenters. The maximum absolute atomic E-state index is 6.08. The summed E-state index contributed by atoms with van der Waals surface area (Å²) < 4.78 is 3.79. The fourth-order valence-corrected chi connectivity index (χ4v) is 2.80.